The summed E-state index contributed by atoms with van der Waals surface area (Å²) in [6.45, 7) is 7.67. The highest BCUT2D eigenvalue weighted by atomic mass is 16.5. The number of likely N-dealkylation sites (N-methyl/N-ethyl adjacent to an activating group) is 1. The van der Waals surface area contributed by atoms with Crippen LogP contribution >= 0.6 is 0 Å². The van der Waals surface area contributed by atoms with E-state index in [0.29, 0.717) is 33.4 Å². The Morgan fingerprint density at radius 3 is 2.36 bits per heavy atom. The van der Waals surface area contributed by atoms with E-state index in [1.165, 1.54) is 21.1 Å². The number of carbonyl (C=O) groups excluding carboxylic acids is 4. The van der Waals surface area contributed by atoms with Crippen molar-refractivity contribution in [2.75, 3.05) is 27.9 Å². The van der Waals surface area contributed by atoms with Gasteiger partial charge in [0.1, 0.15) is 30.6 Å². The summed E-state index contributed by atoms with van der Waals surface area (Å²) in [6, 6.07) is -1.01. The van der Waals surface area contributed by atoms with Crippen molar-refractivity contribution in [1.82, 2.24) is 9.80 Å². The summed E-state index contributed by atoms with van der Waals surface area (Å²) >= 11 is 0. The maximum absolute atomic E-state index is 14.0. The Hall–Kier alpha value is -4.05. The second-order valence-corrected chi connectivity index (χ2v) is 12.1. The fraction of sp³-hybridized carbons (Fsp3) is 0.545. The number of methoxy groups -OCH3 is 2. The van der Waals surface area contributed by atoms with Crippen LogP contribution in [0.15, 0.2) is 56.6 Å². The average molecular weight is 622 g/mol. The minimum atomic E-state index is -1.28. The Morgan fingerprint density at radius 1 is 1.09 bits per heavy atom. The number of aliphatic hydroxyl groups excluding tert-OH is 1. The van der Waals surface area contributed by atoms with Crippen LogP contribution < -0.4 is 0 Å². The van der Waals surface area contributed by atoms with Gasteiger partial charge in [-0.3, -0.25) is 24.2 Å². The fourth-order valence-electron chi connectivity index (χ4n) is 7.81. The SMILES string of the molecule is C/C=C(/C)C(=O)OC[C@H]1C2=C(CC3[C@H]4C5=C(C[C@@H]([C@H](C#N)N31)N4C)C(=O)C(C)=C(OC)C5=O)C(OC(C)=O)C(C)=C(OC)C2O. The molecule has 3 unspecified atom stereocenters. The van der Waals surface area contributed by atoms with Gasteiger partial charge in [-0.2, -0.15) is 5.26 Å². The van der Waals surface area contributed by atoms with Gasteiger partial charge in [-0.05, 0) is 58.7 Å². The van der Waals surface area contributed by atoms with E-state index in [1.54, 1.807) is 33.8 Å². The molecule has 2 aliphatic carbocycles. The number of carbonyl (C=O) groups is 4. The number of hydrogen-bond donors (Lipinski definition) is 1. The maximum Gasteiger partial charge on any atom is 0.333 e. The number of allylic oxidation sites excluding steroid dienone is 3. The number of Topliss-reactive ketones (excluding diaryl/α,β-unsaturated/α-hetero) is 2. The van der Waals surface area contributed by atoms with Crippen LogP contribution in [0.5, 0.6) is 0 Å². The first-order valence-corrected chi connectivity index (χ1v) is 14.9. The zero-order valence-corrected chi connectivity index (χ0v) is 26.8. The van der Waals surface area contributed by atoms with Gasteiger partial charge in [0.25, 0.3) is 0 Å². The van der Waals surface area contributed by atoms with Crippen LogP contribution in [0.4, 0.5) is 0 Å². The molecule has 3 heterocycles. The standard InChI is InChI=1S/C33H39N3O9/c1-9-14(2)33(41)44-13-23-24-19(30(45-17(5)37)16(4)32(43-8)28(24)39)11-21-26-25-18(27(38)15(3)31(42-7)29(25)40)10-20(35(26)6)22(12-34)36(21)23/h9,20-23,26,28,30,39H,10-11,13H2,1-8H3/b14-9-/t20-,21?,22-,23-,26-,28?,30?/m0/s1. The van der Waals surface area contributed by atoms with Gasteiger partial charge in [0.05, 0.1) is 32.4 Å². The molecule has 3 aliphatic heterocycles. The molecule has 0 saturated carbocycles. The summed E-state index contributed by atoms with van der Waals surface area (Å²) in [5.74, 6) is -1.60. The highest BCUT2D eigenvalue weighted by molar-refractivity contribution is 6.25. The molecule has 12 heteroatoms. The first kappa shape index (κ1) is 32.3. The van der Waals surface area contributed by atoms with Crippen LogP contribution in [0.3, 0.4) is 0 Å². The van der Waals surface area contributed by atoms with Gasteiger partial charge in [0, 0.05) is 46.9 Å². The van der Waals surface area contributed by atoms with E-state index in [-0.39, 0.29) is 48.1 Å². The van der Waals surface area contributed by atoms with E-state index < -0.39 is 54.4 Å². The smallest absolute Gasteiger partial charge is 0.333 e. The minimum absolute atomic E-state index is 0.0167. The van der Waals surface area contributed by atoms with Gasteiger partial charge in [0.2, 0.25) is 5.78 Å². The number of hydrogen-bond acceptors (Lipinski definition) is 12. The molecule has 0 amide bonds. The first-order valence-electron chi connectivity index (χ1n) is 14.9. The lowest BCUT2D eigenvalue weighted by atomic mass is 9.67. The van der Waals surface area contributed by atoms with Gasteiger partial charge in [-0.1, -0.05) is 6.08 Å². The zero-order chi connectivity index (χ0) is 33.1. The van der Waals surface area contributed by atoms with Gasteiger partial charge in [-0.15, -0.1) is 0 Å². The van der Waals surface area contributed by atoms with Crippen LogP contribution in [0.25, 0.3) is 0 Å². The Bertz CT molecular complexity index is 1570. The average Bonchev–Trinajstić information content (AvgIpc) is 3.00. The minimum Gasteiger partial charge on any atom is -0.498 e. The van der Waals surface area contributed by atoms with E-state index in [9.17, 15) is 29.5 Å². The van der Waals surface area contributed by atoms with Gasteiger partial charge in [-0.25, -0.2) is 4.79 Å². The summed E-state index contributed by atoms with van der Waals surface area (Å²) in [5.41, 5.74) is 2.78. The Balaban J connectivity index is 1.73. The predicted molar refractivity (Wildman–Crippen MR) is 159 cm³/mol. The molecule has 0 aromatic carbocycles. The molecule has 0 aromatic heterocycles. The molecule has 0 spiro atoms. The van der Waals surface area contributed by atoms with Crippen molar-refractivity contribution >= 4 is 23.5 Å². The number of piperazine rings is 1. The highest BCUT2D eigenvalue weighted by Crippen LogP contribution is 2.50. The third-order valence-corrected chi connectivity index (χ3v) is 9.96. The molecular formula is C33H39N3O9. The first-order chi connectivity index (χ1) is 21.3. The summed E-state index contributed by atoms with van der Waals surface area (Å²) in [6.07, 6.45) is -0.227. The van der Waals surface area contributed by atoms with Crippen molar-refractivity contribution in [3.8, 4) is 6.07 Å². The van der Waals surface area contributed by atoms with Crippen LogP contribution in [0.2, 0.25) is 0 Å². The highest BCUT2D eigenvalue weighted by Gasteiger charge is 2.60. The molecule has 1 fully saturated rings. The third kappa shape index (κ3) is 4.85. The number of fused-ring (bicyclic) bond motifs is 5. The largest absolute Gasteiger partial charge is 0.498 e. The Kier molecular flexibility index (Phi) is 8.65. The zero-order valence-electron chi connectivity index (χ0n) is 26.8. The van der Waals surface area contributed by atoms with Gasteiger partial charge in [0.15, 0.2) is 11.5 Å². The number of esters is 2. The van der Waals surface area contributed by atoms with Crippen LogP contribution in [-0.2, 0) is 38.1 Å². The summed E-state index contributed by atoms with van der Waals surface area (Å²) in [7, 11) is 4.60. The predicted octanol–water partition coefficient (Wildman–Crippen LogP) is 1.81. The lowest BCUT2D eigenvalue weighted by molar-refractivity contribution is -0.145. The van der Waals surface area contributed by atoms with Gasteiger partial charge >= 0.3 is 11.9 Å². The number of nitrogens with zero attached hydrogens (tertiary/aromatic N) is 3. The summed E-state index contributed by atoms with van der Waals surface area (Å²) in [4.78, 5) is 56.7. The molecule has 5 rings (SSSR count). The van der Waals surface area contributed by atoms with Crippen molar-refractivity contribution in [3.63, 3.8) is 0 Å². The number of nitriles is 1. The molecule has 1 N–H and O–H groups in total. The lowest BCUT2D eigenvalue weighted by Crippen LogP contribution is -2.74. The number of aliphatic hydroxyl groups is 1. The van der Waals surface area contributed by atoms with Crippen LogP contribution in [0.1, 0.15) is 47.5 Å². The van der Waals surface area contributed by atoms with Crippen molar-refractivity contribution in [1.29, 1.82) is 5.26 Å². The molecule has 2 bridgehead atoms. The van der Waals surface area contributed by atoms with E-state index in [4.69, 9.17) is 18.9 Å². The van der Waals surface area contributed by atoms with Crippen LogP contribution in [0, 0.1) is 11.3 Å². The molecule has 7 atom stereocenters. The van der Waals surface area contributed by atoms with Crippen molar-refractivity contribution in [2.45, 2.75) is 89.9 Å². The third-order valence-electron chi connectivity index (χ3n) is 9.96. The van der Waals surface area contributed by atoms with Crippen molar-refractivity contribution in [3.05, 3.63) is 56.6 Å². The van der Waals surface area contributed by atoms with Crippen LogP contribution in [-0.4, -0.2) is 109 Å². The molecule has 240 valence electrons. The summed E-state index contributed by atoms with van der Waals surface area (Å²) in [5, 5.41) is 22.4. The molecule has 12 nitrogen and oxygen atoms in total. The second kappa shape index (κ2) is 12.0. The van der Waals surface area contributed by atoms with Crippen molar-refractivity contribution in [2.24, 2.45) is 0 Å². The number of rotatable bonds is 6. The lowest BCUT2D eigenvalue weighted by Gasteiger charge is -2.61. The fourth-order valence-corrected chi connectivity index (χ4v) is 7.81. The molecule has 5 aliphatic rings. The number of ketones is 2. The molecular weight excluding hydrogens is 582 g/mol. The van der Waals surface area contributed by atoms with E-state index >= 15 is 0 Å². The topological polar surface area (TPSA) is 156 Å². The van der Waals surface area contributed by atoms with E-state index in [0.717, 1.165) is 0 Å². The Morgan fingerprint density at radius 2 is 1.78 bits per heavy atom. The monoisotopic (exact) mass is 621 g/mol. The molecule has 0 radical (unpaired) electrons. The second-order valence-electron chi connectivity index (χ2n) is 12.1. The van der Waals surface area contributed by atoms with E-state index in [2.05, 4.69) is 6.07 Å². The molecule has 1 saturated heterocycles. The molecule has 45 heavy (non-hydrogen) atoms. The maximum atomic E-state index is 14.0. The van der Waals surface area contributed by atoms with E-state index in [1.807, 2.05) is 16.8 Å². The molecule has 0 aromatic rings. The quantitative estimate of drug-likeness (QED) is 0.199. The normalized spacial score (nSPS) is 32.1. The Labute approximate surface area is 262 Å². The van der Waals surface area contributed by atoms with Crippen molar-refractivity contribution < 1.29 is 43.2 Å². The number of ether oxygens (including phenoxy) is 4. The van der Waals surface area contributed by atoms with Gasteiger partial charge < -0.3 is 24.1 Å². The summed E-state index contributed by atoms with van der Waals surface area (Å²) < 4.78 is 22.6.